The van der Waals surface area contributed by atoms with Gasteiger partial charge in [0.15, 0.2) is 6.29 Å². The summed E-state index contributed by atoms with van der Waals surface area (Å²) in [6.07, 6.45) is 37.7. The predicted molar refractivity (Wildman–Crippen MR) is 216 cm³/mol. The first-order chi connectivity index (χ1) is 25.8. The Morgan fingerprint density at radius 1 is 0.660 bits per heavy atom. The average Bonchev–Trinajstić information content (AvgIpc) is 3.16. The molecule has 1 aliphatic rings. The quantitative estimate of drug-likeness (QED) is 0.0302. The number of ether oxygens (including phenoxy) is 2. The molecule has 0 radical (unpaired) electrons. The van der Waals surface area contributed by atoms with Crippen LogP contribution in [0.3, 0.4) is 0 Å². The third-order valence-corrected chi connectivity index (χ3v) is 9.32. The molecule has 0 aliphatic carbocycles. The first kappa shape index (κ1) is 48.6. The minimum atomic E-state index is -1.56. The number of hydrogen-bond donors (Lipinski definition) is 6. The zero-order chi connectivity index (χ0) is 38.8. The van der Waals surface area contributed by atoms with Crippen LogP contribution < -0.4 is 5.32 Å². The molecule has 304 valence electrons. The molecule has 1 saturated heterocycles. The third-order valence-electron chi connectivity index (χ3n) is 9.32. The molecular formula is C44H75NO8. The van der Waals surface area contributed by atoms with Crippen LogP contribution in [0, 0.1) is 0 Å². The molecule has 7 unspecified atom stereocenters. The van der Waals surface area contributed by atoms with Gasteiger partial charge < -0.3 is 40.3 Å². The van der Waals surface area contributed by atoms with E-state index in [1.807, 2.05) is 0 Å². The van der Waals surface area contributed by atoms with Crippen molar-refractivity contribution in [2.75, 3.05) is 13.2 Å². The lowest BCUT2D eigenvalue weighted by Crippen LogP contribution is -2.60. The van der Waals surface area contributed by atoms with E-state index in [4.69, 9.17) is 9.47 Å². The number of aliphatic hydroxyl groups is 5. The van der Waals surface area contributed by atoms with Crippen molar-refractivity contribution in [2.45, 2.75) is 185 Å². The van der Waals surface area contributed by atoms with Crippen LogP contribution in [0.4, 0.5) is 0 Å². The second-order valence-corrected chi connectivity index (χ2v) is 14.1. The highest BCUT2D eigenvalue weighted by atomic mass is 16.7. The fraction of sp³-hybridized carbons (Fsp3) is 0.705. The van der Waals surface area contributed by atoms with E-state index in [0.717, 1.165) is 70.6 Å². The highest BCUT2D eigenvalue weighted by Crippen LogP contribution is 2.23. The normalized spacial score (nSPS) is 22.4. The van der Waals surface area contributed by atoms with Crippen molar-refractivity contribution in [3.05, 3.63) is 72.9 Å². The van der Waals surface area contributed by atoms with Gasteiger partial charge in [-0.2, -0.15) is 0 Å². The van der Waals surface area contributed by atoms with Gasteiger partial charge in [-0.25, -0.2) is 0 Å². The Morgan fingerprint density at radius 2 is 1.17 bits per heavy atom. The number of nitrogens with one attached hydrogen (secondary N) is 1. The van der Waals surface area contributed by atoms with Crippen molar-refractivity contribution in [2.24, 2.45) is 0 Å². The first-order valence-electron chi connectivity index (χ1n) is 20.6. The fourth-order valence-corrected chi connectivity index (χ4v) is 5.98. The molecule has 1 amide bonds. The fourth-order valence-electron chi connectivity index (χ4n) is 5.98. The summed E-state index contributed by atoms with van der Waals surface area (Å²) >= 11 is 0. The van der Waals surface area contributed by atoms with Crippen LogP contribution in [0.15, 0.2) is 72.9 Å². The minimum Gasteiger partial charge on any atom is -0.394 e. The summed E-state index contributed by atoms with van der Waals surface area (Å²) in [6, 6.07) is -0.743. The molecule has 0 spiro atoms. The van der Waals surface area contributed by atoms with Gasteiger partial charge in [0, 0.05) is 6.42 Å². The van der Waals surface area contributed by atoms with Crippen LogP contribution in [0.25, 0.3) is 0 Å². The van der Waals surface area contributed by atoms with Gasteiger partial charge in [0.2, 0.25) is 5.91 Å². The lowest BCUT2D eigenvalue weighted by molar-refractivity contribution is -0.302. The van der Waals surface area contributed by atoms with E-state index < -0.39 is 49.5 Å². The molecule has 0 aromatic rings. The Morgan fingerprint density at radius 3 is 1.70 bits per heavy atom. The van der Waals surface area contributed by atoms with Gasteiger partial charge in [0.25, 0.3) is 0 Å². The van der Waals surface area contributed by atoms with Gasteiger partial charge in [0.1, 0.15) is 24.4 Å². The first-order valence-corrected chi connectivity index (χ1v) is 20.6. The molecule has 0 bridgehead atoms. The number of unbranched alkanes of at least 4 members (excludes halogenated alkanes) is 10. The Labute approximate surface area is 321 Å². The SMILES string of the molecule is CC/C=C\C/C=C\C/C=C\C/C=C\C/C=C\C/C=C\CCCCC(=O)NC(COC1OC(CO)C(O)C(O)C1O)C(O)CCCCCCCCCCC. The Hall–Kier alpha value is -2.37. The van der Waals surface area contributed by atoms with Gasteiger partial charge in [-0.15, -0.1) is 0 Å². The van der Waals surface area contributed by atoms with E-state index in [2.05, 4.69) is 92.1 Å². The number of carbonyl (C=O) groups excluding carboxylic acids is 1. The summed E-state index contributed by atoms with van der Waals surface area (Å²) in [7, 11) is 0. The van der Waals surface area contributed by atoms with Crippen LogP contribution in [-0.2, 0) is 14.3 Å². The summed E-state index contributed by atoms with van der Waals surface area (Å²) in [4.78, 5) is 12.9. The van der Waals surface area contributed by atoms with Crippen LogP contribution in [0.2, 0.25) is 0 Å². The molecule has 9 nitrogen and oxygen atoms in total. The number of amides is 1. The Kier molecular flexibility index (Phi) is 31.3. The number of rotatable bonds is 32. The monoisotopic (exact) mass is 746 g/mol. The average molecular weight is 746 g/mol. The van der Waals surface area contributed by atoms with Crippen LogP contribution in [-0.4, -0.2) is 87.5 Å². The molecule has 0 aromatic carbocycles. The van der Waals surface area contributed by atoms with Crippen molar-refractivity contribution in [3.63, 3.8) is 0 Å². The maximum Gasteiger partial charge on any atom is 0.220 e. The van der Waals surface area contributed by atoms with Gasteiger partial charge in [0.05, 0.1) is 25.4 Å². The van der Waals surface area contributed by atoms with E-state index >= 15 is 0 Å². The van der Waals surface area contributed by atoms with Gasteiger partial charge in [-0.3, -0.25) is 4.79 Å². The number of aliphatic hydroxyl groups excluding tert-OH is 5. The van der Waals surface area contributed by atoms with Crippen LogP contribution >= 0.6 is 0 Å². The van der Waals surface area contributed by atoms with Crippen LogP contribution in [0.1, 0.15) is 142 Å². The van der Waals surface area contributed by atoms with Gasteiger partial charge in [-0.05, 0) is 64.2 Å². The summed E-state index contributed by atoms with van der Waals surface area (Å²) in [6.45, 7) is 3.63. The van der Waals surface area contributed by atoms with Crippen molar-refractivity contribution < 1.29 is 39.8 Å². The number of allylic oxidation sites excluding steroid dienone is 12. The summed E-state index contributed by atoms with van der Waals surface area (Å²) in [5, 5.41) is 54.0. The van der Waals surface area contributed by atoms with Gasteiger partial charge in [-0.1, -0.05) is 145 Å². The van der Waals surface area contributed by atoms with E-state index in [-0.39, 0.29) is 12.5 Å². The third kappa shape index (κ3) is 25.4. The highest BCUT2D eigenvalue weighted by Gasteiger charge is 2.44. The molecule has 1 fully saturated rings. The maximum atomic E-state index is 12.9. The molecule has 0 aromatic heterocycles. The molecule has 53 heavy (non-hydrogen) atoms. The molecule has 1 aliphatic heterocycles. The topological polar surface area (TPSA) is 149 Å². The van der Waals surface area contributed by atoms with Crippen molar-refractivity contribution in [3.8, 4) is 0 Å². The summed E-state index contributed by atoms with van der Waals surface area (Å²) in [5.41, 5.74) is 0. The lowest BCUT2D eigenvalue weighted by atomic mass is 9.99. The molecular weight excluding hydrogens is 670 g/mol. The minimum absolute atomic E-state index is 0.161. The molecule has 7 atom stereocenters. The summed E-state index contributed by atoms with van der Waals surface area (Å²) in [5.74, 6) is -0.193. The second kappa shape index (κ2) is 34.1. The Balaban J connectivity index is 2.39. The molecule has 9 heteroatoms. The number of carbonyl (C=O) groups is 1. The van der Waals surface area contributed by atoms with E-state index in [1.54, 1.807) is 0 Å². The van der Waals surface area contributed by atoms with E-state index in [1.165, 1.54) is 38.5 Å². The zero-order valence-corrected chi connectivity index (χ0v) is 33.0. The van der Waals surface area contributed by atoms with Gasteiger partial charge >= 0.3 is 0 Å². The second-order valence-electron chi connectivity index (χ2n) is 14.1. The largest absolute Gasteiger partial charge is 0.394 e. The number of hydrogen-bond acceptors (Lipinski definition) is 8. The highest BCUT2D eigenvalue weighted by molar-refractivity contribution is 5.76. The molecule has 0 saturated carbocycles. The summed E-state index contributed by atoms with van der Waals surface area (Å²) < 4.78 is 11.2. The maximum absolute atomic E-state index is 12.9. The lowest BCUT2D eigenvalue weighted by Gasteiger charge is -2.40. The predicted octanol–water partition coefficient (Wildman–Crippen LogP) is 7.83. The van der Waals surface area contributed by atoms with E-state index in [9.17, 15) is 30.3 Å². The molecule has 1 heterocycles. The van der Waals surface area contributed by atoms with Crippen molar-refractivity contribution in [1.29, 1.82) is 0 Å². The van der Waals surface area contributed by atoms with Crippen molar-refractivity contribution in [1.82, 2.24) is 5.32 Å². The zero-order valence-electron chi connectivity index (χ0n) is 33.0. The van der Waals surface area contributed by atoms with Crippen LogP contribution in [0.5, 0.6) is 0 Å². The molecule has 1 rings (SSSR count). The van der Waals surface area contributed by atoms with E-state index in [0.29, 0.717) is 19.3 Å². The smallest absolute Gasteiger partial charge is 0.220 e. The standard InChI is InChI=1S/C44H75NO8/c1-3-5-7-9-11-13-14-15-16-17-18-19-20-21-22-23-24-26-28-30-32-34-40(48)45-37(38(47)33-31-29-27-25-12-10-8-6-4-2)36-52-44-43(51)42(50)41(49)39(35-46)53-44/h5,7,11,13,15-16,18-19,21-22,24,26,37-39,41-44,46-47,49-51H,3-4,6,8-10,12,14,17,20,23,25,27-36H2,1-2H3,(H,45,48)/b7-5-,13-11-,16-15-,19-18-,22-21-,26-24-. The Bertz CT molecular complexity index is 1050. The molecule has 6 N–H and O–H groups in total. The van der Waals surface area contributed by atoms with Crippen molar-refractivity contribution >= 4 is 5.91 Å².